The number of nitrogens with one attached hydrogen (secondary N) is 1. The molecule has 0 aromatic heterocycles. The van der Waals surface area contributed by atoms with E-state index in [1.54, 1.807) is 0 Å². The SMILES string of the molecule is CC(C)NC(=O)[C@H]1C[C@@H]2CCN(CCc3ccccc3)C[C@H]2O1.O=C(O)C(F)(F)F. The van der Waals surface area contributed by atoms with E-state index in [9.17, 15) is 18.0 Å². The Kier molecular flexibility index (Phi) is 8.66. The average molecular weight is 430 g/mol. The predicted molar refractivity (Wildman–Crippen MR) is 105 cm³/mol. The molecular formula is C21H29F3N2O4. The van der Waals surface area contributed by atoms with Crippen molar-refractivity contribution in [3.63, 3.8) is 0 Å². The molecule has 0 saturated carbocycles. The van der Waals surface area contributed by atoms with Crippen LogP contribution in [0.1, 0.15) is 32.3 Å². The van der Waals surface area contributed by atoms with Crippen LogP contribution in [0.4, 0.5) is 13.2 Å². The topological polar surface area (TPSA) is 78.9 Å². The third-order valence-corrected chi connectivity index (χ3v) is 5.16. The lowest BCUT2D eigenvalue weighted by Gasteiger charge is -2.34. The second-order valence-corrected chi connectivity index (χ2v) is 7.95. The molecule has 2 N–H and O–H groups in total. The number of halogens is 3. The van der Waals surface area contributed by atoms with E-state index < -0.39 is 12.1 Å². The molecule has 6 nitrogen and oxygen atoms in total. The number of benzene rings is 1. The number of alkyl halides is 3. The van der Waals surface area contributed by atoms with Crippen LogP contribution < -0.4 is 5.32 Å². The Labute approximate surface area is 174 Å². The molecule has 3 atom stereocenters. The fourth-order valence-electron chi connectivity index (χ4n) is 3.68. The predicted octanol–water partition coefficient (Wildman–Crippen LogP) is 2.87. The molecule has 2 aliphatic heterocycles. The molecule has 3 rings (SSSR count). The molecule has 0 aliphatic carbocycles. The van der Waals surface area contributed by atoms with Crippen molar-refractivity contribution in [1.82, 2.24) is 10.2 Å². The molecule has 2 heterocycles. The number of carboxylic acid groups (broad SMARTS) is 1. The number of amides is 1. The van der Waals surface area contributed by atoms with Gasteiger partial charge in [-0.15, -0.1) is 0 Å². The van der Waals surface area contributed by atoms with Gasteiger partial charge in [-0.2, -0.15) is 13.2 Å². The Hall–Kier alpha value is -2.13. The lowest BCUT2D eigenvalue weighted by Crippen LogP contribution is -2.43. The van der Waals surface area contributed by atoms with E-state index in [1.165, 1.54) is 5.56 Å². The van der Waals surface area contributed by atoms with Gasteiger partial charge in [-0.1, -0.05) is 30.3 Å². The smallest absolute Gasteiger partial charge is 0.475 e. The van der Waals surface area contributed by atoms with E-state index in [2.05, 4.69) is 40.5 Å². The van der Waals surface area contributed by atoms with Crippen LogP contribution in [0.15, 0.2) is 30.3 Å². The Balaban J connectivity index is 0.000000396. The van der Waals surface area contributed by atoms with Crippen LogP contribution in [0.3, 0.4) is 0 Å². The van der Waals surface area contributed by atoms with E-state index in [1.807, 2.05) is 13.8 Å². The Morgan fingerprint density at radius 3 is 2.47 bits per heavy atom. The summed E-state index contributed by atoms with van der Waals surface area (Å²) in [5.41, 5.74) is 1.39. The molecular weight excluding hydrogens is 401 g/mol. The first kappa shape index (κ1) is 24.1. The van der Waals surface area contributed by atoms with Crippen LogP contribution in [-0.2, 0) is 20.7 Å². The largest absolute Gasteiger partial charge is 0.490 e. The molecule has 0 spiro atoms. The minimum absolute atomic E-state index is 0.0604. The molecule has 2 saturated heterocycles. The summed E-state index contributed by atoms with van der Waals surface area (Å²) in [5.74, 6) is -2.15. The summed E-state index contributed by atoms with van der Waals surface area (Å²) in [6, 6.07) is 10.8. The van der Waals surface area contributed by atoms with E-state index in [-0.39, 0.29) is 24.2 Å². The zero-order valence-electron chi connectivity index (χ0n) is 17.2. The van der Waals surface area contributed by atoms with E-state index in [0.717, 1.165) is 38.9 Å². The fraction of sp³-hybridized carbons (Fsp3) is 0.619. The van der Waals surface area contributed by atoms with Gasteiger partial charge >= 0.3 is 12.1 Å². The first-order valence-electron chi connectivity index (χ1n) is 10.1. The number of rotatable bonds is 5. The quantitative estimate of drug-likeness (QED) is 0.751. The number of piperidine rings is 1. The number of carboxylic acids is 1. The van der Waals surface area contributed by atoms with E-state index >= 15 is 0 Å². The van der Waals surface area contributed by atoms with Gasteiger partial charge in [0.1, 0.15) is 6.10 Å². The van der Waals surface area contributed by atoms with Gasteiger partial charge in [0.25, 0.3) is 0 Å². The highest BCUT2D eigenvalue weighted by molar-refractivity contribution is 5.81. The first-order chi connectivity index (χ1) is 14.1. The normalized spacial score (nSPS) is 24.0. The number of ether oxygens (including phenoxy) is 1. The zero-order chi connectivity index (χ0) is 22.3. The number of carbonyl (C=O) groups excluding carboxylic acids is 1. The third-order valence-electron chi connectivity index (χ3n) is 5.16. The Bertz CT molecular complexity index is 697. The fourth-order valence-corrected chi connectivity index (χ4v) is 3.68. The van der Waals surface area contributed by atoms with Gasteiger partial charge < -0.3 is 20.1 Å². The van der Waals surface area contributed by atoms with Crippen molar-refractivity contribution in [1.29, 1.82) is 0 Å². The summed E-state index contributed by atoms with van der Waals surface area (Å²) >= 11 is 0. The summed E-state index contributed by atoms with van der Waals surface area (Å²) in [6.45, 7) is 7.13. The molecule has 30 heavy (non-hydrogen) atoms. The molecule has 1 aromatic rings. The van der Waals surface area contributed by atoms with Crippen molar-refractivity contribution in [3.8, 4) is 0 Å². The summed E-state index contributed by atoms with van der Waals surface area (Å²) in [5, 5.41) is 10.1. The molecule has 2 aliphatic rings. The summed E-state index contributed by atoms with van der Waals surface area (Å²) in [4.78, 5) is 23.5. The zero-order valence-corrected chi connectivity index (χ0v) is 17.2. The van der Waals surface area contributed by atoms with Crippen LogP contribution in [0, 0.1) is 5.92 Å². The Morgan fingerprint density at radius 1 is 1.27 bits per heavy atom. The summed E-state index contributed by atoms with van der Waals surface area (Å²) in [7, 11) is 0. The van der Waals surface area contributed by atoms with Crippen molar-refractivity contribution >= 4 is 11.9 Å². The number of hydrogen-bond acceptors (Lipinski definition) is 4. The van der Waals surface area contributed by atoms with E-state index in [4.69, 9.17) is 14.6 Å². The summed E-state index contributed by atoms with van der Waals surface area (Å²) in [6.07, 6.45) is -2.00. The van der Waals surface area contributed by atoms with Crippen molar-refractivity contribution < 1.29 is 32.6 Å². The number of nitrogens with zero attached hydrogens (tertiary/aromatic N) is 1. The minimum atomic E-state index is -5.08. The lowest BCUT2D eigenvalue weighted by molar-refractivity contribution is -0.192. The monoisotopic (exact) mass is 430 g/mol. The van der Waals surface area contributed by atoms with Crippen LogP contribution in [-0.4, -0.2) is 65.9 Å². The summed E-state index contributed by atoms with van der Waals surface area (Å²) < 4.78 is 37.8. The van der Waals surface area contributed by atoms with Crippen LogP contribution in [0.2, 0.25) is 0 Å². The molecule has 9 heteroatoms. The number of aliphatic carboxylic acids is 1. The van der Waals surface area contributed by atoms with Crippen molar-refractivity contribution in [3.05, 3.63) is 35.9 Å². The van der Waals surface area contributed by atoms with Gasteiger partial charge in [-0.25, -0.2) is 4.79 Å². The number of hydrogen-bond donors (Lipinski definition) is 2. The highest BCUT2D eigenvalue weighted by atomic mass is 19.4. The average Bonchev–Trinajstić information content (AvgIpc) is 3.10. The maximum atomic E-state index is 12.1. The number of likely N-dealkylation sites (tertiary alicyclic amines) is 1. The molecule has 0 bridgehead atoms. The van der Waals surface area contributed by atoms with Gasteiger partial charge in [0.05, 0.1) is 6.10 Å². The van der Waals surface area contributed by atoms with Gasteiger partial charge in [-0.3, -0.25) is 4.79 Å². The van der Waals surface area contributed by atoms with Crippen molar-refractivity contribution in [2.45, 2.75) is 57.5 Å². The van der Waals surface area contributed by atoms with Crippen LogP contribution >= 0.6 is 0 Å². The lowest BCUT2D eigenvalue weighted by atomic mass is 9.91. The van der Waals surface area contributed by atoms with Gasteiger partial charge in [0.2, 0.25) is 5.91 Å². The number of fused-ring (bicyclic) bond motifs is 1. The standard InChI is InChI=1S/C19H28N2O2.C2HF3O2/c1-14(2)20-19(22)17-12-16-9-11-21(13-18(16)23-17)10-8-15-6-4-3-5-7-15;3-2(4,5)1(6)7/h3-7,14,16-18H,8-13H2,1-2H3,(H,20,22);(H,6,7)/t16-,17+,18+;/m0./s1. The first-order valence-corrected chi connectivity index (χ1v) is 10.1. The van der Waals surface area contributed by atoms with Gasteiger partial charge in [-0.05, 0) is 51.1 Å². The molecule has 0 unspecified atom stereocenters. The maximum absolute atomic E-state index is 12.1. The molecule has 2 fully saturated rings. The van der Waals surface area contributed by atoms with Crippen LogP contribution in [0.25, 0.3) is 0 Å². The van der Waals surface area contributed by atoms with E-state index in [0.29, 0.717) is 5.92 Å². The molecule has 0 radical (unpaired) electrons. The highest BCUT2D eigenvalue weighted by Gasteiger charge is 2.41. The van der Waals surface area contributed by atoms with Gasteiger partial charge in [0, 0.05) is 19.1 Å². The molecule has 1 amide bonds. The maximum Gasteiger partial charge on any atom is 0.490 e. The van der Waals surface area contributed by atoms with Gasteiger partial charge in [0.15, 0.2) is 0 Å². The minimum Gasteiger partial charge on any atom is -0.475 e. The molecule has 168 valence electrons. The second kappa shape index (κ2) is 10.8. The Morgan fingerprint density at radius 2 is 1.90 bits per heavy atom. The molecule has 1 aromatic carbocycles. The second-order valence-electron chi connectivity index (χ2n) is 7.95. The highest BCUT2D eigenvalue weighted by Crippen LogP contribution is 2.33. The number of carbonyl (C=O) groups is 2. The third kappa shape index (κ3) is 7.60. The van der Waals surface area contributed by atoms with Crippen molar-refractivity contribution in [2.75, 3.05) is 19.6 Å². The van der Waals surface area contributed by atoms with Crippen molar-refractivity contribution in [2.24, 2.45) is 5.92 Å². The van der Waals surface area contributed by atoms with Crippen LogP contribution in [0.5, 0.6) is 0 Å².